The number of rotatable bonds is 4. The Bertz CT molecular complexity index is 1010. The molecule has 1 aliphatic rings. The van der Waals surface area contributed by atoms with Crippen LogP contribution in [-0.2, 0) is 4.79 Å². The molecule has 0 saturated carbocycles. The number of carbonyl (C=O) groups excluding carboxylic acids is 1. The van der Waals surface area contributed by atoms with E-state index < -0.39 is 4.92 Å². The van der Waals surface area contributed by atoms with Gasteiger partial charge < -0.3 is 10.1 Å². The van der Waals surface area contributed by atoms with Crippen molar-refractivity contribution < 1.29 is 14.5 Å². The first-order valence-corrected chi connectivity index (χ1v) is 10.1. The maximum atomic E-state index is 12.2. The molecule has 27 heavy (non-hydrogen) atoms. The van der Waals surface area contributed by atoms with Crippen LogP contribution in [0.25, 0.3) is 6.08 Å². The summed E-state index contributed by atoms with van der Waals surface area (Å²) >= 11 is 6.52. The van der Waals surface area contributed by atoms with Gasteiger partial charge in [-0.15, -0.1) is 0 Å². The van der Waals surface area contributed by atoms with E-state index in [2.05, 4.69) is 26.2 Å². The molecule has 0 bridgehead atoms. The van der Waals surface area contributed by atoms with E-state index in [-0.39, 0.29) is 17.3 Å². The third-order valence-corrected chi connectivity index (χ3v) is 5.64. The second kappa shape index (κ2) is 8.40. The van der Waals surface area contributed by atoms with Gasteiger partial charge in [0.1, 0.15) is 0 Å². The summed E-state index contributed by atoms with van der Waals surface area (Å²) in [6.07, 6.45) is 1.60. The van der Waals surface area contributed by atoms with Crippen LogP contribution >= 0.6 is 50.3 Å². The van der Waals surface area contributed by atoms with Gasteiger partial charge in [0.15, 0.2) is 5.17 Å². The number of halogens is 2. The summed E-state index contributed by atoms with van der Waals surface area (Å²) in [5.74, 6) is -0.106. The van der Waals surface area contributed by atoms with Crippen LogP contribution in [-0.4, -0.2) is 23.1 Å². The molecule has 0 aromatic heterocycles. The zero-order chi connectivity index (χ0) is 19.6. The van der Waals surface area contributed by atoms with Gasteiger partial charge >= 0.3 is 5.69 Å². The van der Waals surface area contributed by atoms with Crippen molar-refractivity contribution in [3.63, 3.8) is 0 Å². The van der Waals surface area contributed by atoms with E-state index in [1.807, 2.05) is 46.9 Å². The highest BCUT2D eigenvalue weighted by atomic mass is 127. The van der Waals surface area contributed by atoms with Gasteiger partial charge in [-0.1, -0.05) is 22.0 Å². The van der Waals surface area contributed by atoms with Crippen molar-refractivity contribution in [2.45, 2.75) is 0 Å². The Labute approximate surface area is 180 Å². The number of amidine groups is 1. The molecule has 0 aliphatic carbocycles. The quantitative estimate of drug-likeness (QED) is 0.250. The van der Waals surface area contributed by atoms with Gasteiger partial charge in [0.2, 0.25) is 5.75 Å². The maximum Gasteiger partial charge on any atom is 0.312 e. The summed E-state index contributed by atoms with van der Waals surface area (Å²) in [5.41, 5.74) is 1.08. The molecule has 3 rings (SSSR count). The van der Waals surface area contributed by atoms with Gasteiger partial charge in [-0.05, 0) is 70.3 Å². The van der Waals surface area contributed by atoms with Gasteiger partial charge in [0, 0.05) is 10.5 Å². The third-order valence-electron chi connectivity index (χ3n) is 3.43. The summed E-state index contributed by atoms with van der Waals surface area (Å²) in [6, 6.07) is 10.5. The van der Waals surface area contributed by atoms with Gasteiger partial charge in [-0.3, -0.25) is 14.9 Å². The highest BCUT2D eigenvalue weighted by Crippen LogP contribution is 2.35. The van der Waals surface area contributed by atoms with Gasteiger partial charge in [-0.25, -0.2) is 4.99 Å². The van der Waals surface area contributed by atoms with Crippen molar-refractivity contribution >= 4 is 78.8 Å². The molecule has 2 aromatic carbocycles. The monoisotopic (exact) mass is 559 g/mol. The summed E-state index contributed by atoms with van der Waals surface area (Å²) in [7, 11) is 1.38. The number of nitrogens with zero attached hydrogens (tertiary/aromatic N) is 2. The van der Waals surface area contributed by atoms with Crippen LogP contribution in [0.4, 0.5) is 11.4 Å². The molecule has 1 fully saturated rings. The number of thioether (sulfide) groups is 1. The lowest BCUT2D eigenvalue weighted by Gasteiger charge is -2.05. The zero-order valence-corrected chi connectivity index (χ0v) is 18.3. The molecule has 1 N–H and O–H groups in total. The fraction of sp³-hybridized carbons (Fsp3) is 0.0588. The SMILES string of the molecule is COc1c(I)cc(/C=C2\SC(=Nc3cccc(Br)c3)NC2=O)cc1[N+](=O)[O-]. The fourth-order valence-electron chi connectivity index (χ4n) is 2.32. The Balaban J connectivity index is 1.92. The van der Waals surface area contributed by atoms with Crippen molar-refractivity contribution in [1.82, 2.24) is 5.32 Å². The second-order valence-corrected chi connectivity index (χ2v) is 8.38. The summed E-state index contributed by atoms with van der Waals surface area (Å²) in [6.45, 7) is 0. The van der Waals surface area contributed by atoms with Crippen molar-refractivity contribution in [2.75, 3.05) is 7.11 Å². The number of ether oxygens (including phenoxy) is 1. The molecule has 7 nitrogen and oxygen atoms in total. The normalized spacial score (nSPS) is 16.6. The number of benzene rings is 2. The van der Waals surface area contributed by atoms with E-state index >= 15 is 0 Å². The number of hydrogen-bond acceptors (Lipinski definition) is 6. The molecule has 0 radical (unpaired) electrons. The Morgan fingerprint density at radius 3 is 2.81 bits per heavy atom. The van der Waals surface area contributed by atoms with Crippen molar-refractivity contribution in [3.05, 3.63) is 65.0 Å². The smallest absolute Gasteiger partial charge is 0.312 e. The minimum absolute atomic E-state index is 0.150. The third kappa shape index (κ3) is 4.68. The van der Waals surface area contributed by atoms with Crippen LogP contribution in [0, 0.1) is 13.7 Å². The first-order chi connectivity index (χ1) is 12.9. The van der Waals surface area contributed by atoms with Crippen LogP contribution in [0.15, 0.2) is 50.8 Å². The number of methoxy groups -OCH3 is 1. The maximum absolute atomic E-state index is 12.2. The zero-order valence-electron chi connectivity index (χ0n) is 13.7. The average Bonchev–Trinajstić information content (AvgIpc) is 2.93. The molecule has 1 heterocycles. The Hall–Kier alpha value is -1.92. The van der Waals surface area contributed by atoms with Crippen LogP contribution in [0.2, 0.25) is 0 Å². The van der Waals surface area contributed by atoms with E-state index in [9.17, 15) is 14.9 Å². The van der Waals surface area contributed by atoms with Crippen LogP contribution in [0.3, 0.4) is 0 Å². The standard InChI is InChI=1S/C17H11BrIN3O4S/c1-26-15-12(19)5-9(6-13(15)22(24)25)7-14-16(23)21-17(27-14)20-11-4-2-3-10(18)8-11/h2-8H,1H3,(H,20,21,23)/b14-7-. The van der Waals surface area contributed by atoms with Gasteiger partial charge in [-0.2, -0.15) is 0 Å². The molecule has 1 aliphatic heterocycles. The van der Waals surface area contributed by atoms with Crippen molar-refractivity contribution in [2.24, 2.45) is 4.99 Å². The summed E-state index contributed by atoms with van der Waals surface area (Å²) in [5, 5.41) is 14.4. The number of nitrogens with one attached hydrogen (secondary N) is 1. The van der Waals surface area contributed by atoms with Crippen molar-refractivity contribution in [1.29, 1.82) is 0 Å². The largest absolute Gasteiger partial charge is 0.489 e. The number of nitro groups is 1. The highest BCUT2D eigenvalue weighted by Gasteiger charge is 2.25. The minimum atomic E-state index is -0.509. The molecule has 10 heteroatoms. The Kier molecular flexibility index (Phi) is 6.17. The van der Waals surface area contributed by atoms with E-state index in [0.29, 0.717) is 24.9 Å². The van der Waals surface area contributed by atoms with Crippen LogP contribution in [0.5, 0.6) is 5.75 Å². The van der Waals surface area contributed by atoms with E-state index in [1.165, 1.54) is 24.9 Å². The molecule has 0 spiro atoms. The molecule has 1 saturated heterocycles. The van der Waals surface area contributed by atoms with Crippen molar-refractivity contribution in [3.8, 4) is 5.75 Å². The summed E-state index contributed by atoms with van der Waals surface area (Å²) < 4.78 is 6.57. The number of aliphatic imine (C=N–C) groups is 1. The molecule has 1 amide bonds. The van der Waals surface area contributed by atoms with Crippen LogP contribution in [0.1, 0.15) is 5.56 Å². The molecular formula is C17H11BrIN3O4S. The lowest BCUT2D eigenvalue weighted by atomic mass is 10.1. The van der Waals surface area contributed by atoms with Gasteiger partial charge in [0.25, 0.3) is 5.91 Å². The Morgan fingerprint density at radius 1 is 1.37 bits per heavy atom. The molecule has 0 unspecified atom stereocenters. The summed E-state index contributed by atoms with van der Waals surface area (Å²) in [4.78, 5) is 27.8. The molecule has 0 atom stereocenters. The number of hydrogen-bond donors (Lipinski definition) is 1. The predicted molar refractivity (Wildman–Crippen MR) is 117 cm³/mol. The molecular weight excluding hydrogens is 549 g/mol. The van der Waals surface area contributed by atoms with E-state index in [4.69, 9.17) is 4.74 Å². The topological polar surface area (TPSA) is 93.8 Å². The molecule has 138 valence electrons. The lowest BCUT2D eigenvalue weighted by Crippen LogP contribution is -2.19. The van der Waals surface area contributed by atoms with Crippen LogP contribution < -0.4 is 10.1 Å². The predicted octanol–water partition coefficient (Wildman–Crippen LogP) is 4.86. The number of carbonyl (C=O) groups is 1. The molecule has 2 aromatic rings. The van der Waals surface area contributed by atoms with E-state index in [0.717, 1.165) is 4.47 Å². The number of nitro benzene ring substituents is 1. The fourth-order valence-corrected chi connectivity index (χ4v) is 4.40. The van der Waals surface area contributed by atoms with Gasteiger partial charge in [0.05, 0.1) is 26.2 Å². The highest BCUT2D eigenvalue weighted by molar-refractivity contribution is 14.1. The van der Waals surface area contributed by atoms with E-state index in [1.54, 1.807) is 12.1 Å². The second-order valence-electron chi connectivity index (χ2n) is 5.27. The number of amides is 1. The first-order valence-electron chi connectivity index (χ1n) is 7.44. The average molecular weight is 560 g/mol. The Morgan fingerprint density at radius 2 is 2.15 bits per heavy atom. The minimum Gasteiger partial charge on any atom is -0.489 e. The first kappa shape index (κ1) is 19.8. The lowest BCUT2D eigenvalue weighted by molar-refractivity contribution is -0.385.